The maximum absolute atomic E-state index is 12.4. The van der Waals surface area contributed by atoms with Gasteiger partial charge < -0.3 is 9.26 Å². The Morgan fingerprint density at radius 3 is 2.92 bits per heavy atom. The zero-order chi connectivity index (χ0) is 18.1. The summed E-state index contributed by atoms with van der Waals surface area (Å²) in [6.07, 6.45) is 3.05. The average Bonchev–Trinajstić information content (AvgIpc) is 3.06. The van der Waals surface area contributed by atoms with Gasteiger partial charge in [-0.3, -0.25) is 9.59 Å². The minimum Gasteiger partial charge on any atom is -0.494 e. The molecule has 134 valence electrons. The third-order valence-electron chi connectivity index (χ3n) is 5.02. The van der Waals surface area contributed by atoms with E-state index in [-0.39, 0.29) is 23.9 Å². The first-order chi connectivity index (χ1) is 12.7. The molecule has 0 N–H and O–H groups in total. The van der Waals surface area contributed by atoms with Gasteiger partial charge >= 0.3 is 0 Å². The van der Waals surface area contributed by atoms with Gasteiger partial charge in [-0.1, -0.05) is 24.6 Å². The summed E-state index contributed by atoms with van der Waals surface area (Å²) in [5.74, 6) is 0.424. The maximum Gasteiger partial charge on any atom is 0.167 e. The highest BCUT2D eigenvalue weighted by molar-refractivity contribution is 6.11. The van der Waals surface area contributed by atoms with Gasteiger partial charge in [0.25, 0.3) is 0 Å². The van der Waals surface area contributed by atoms with Gasteiger partial charge in [0.1, 0.15) is 23.0 Å². The van der Waals surface area contributed by atoms with Crippen LogP contribution >= 0.6 is 0 Å². The van der Waals surface area contributed by atoms with Crippen molar-refractivity contribution in [1.29, 1.82) is 0 Å². The second-order valence-corrected chi connectivity index (χ2v) is 6.86. The summed E-state index contributed by atoms with van der Waals surface area (Å²) in [5, 5.41) is 7.08. The van der Waals surface area contributed by atoms with Gasteiger partial charge in [-0.2, -0.15) is 0 Å². The highest BCUT2D eigenvalue weighted by Gasteiger charge is 2.32. The smallest absolute Gasteiger partial charge is 0.167 e. The van der Waals surface area contributed by atoms with Crippen molar-refractivity contribution < 1.29 is 18.8 Å². The minimum atomic E-state index is -0.361. The van der Waals surface area contributed by atoms with Crippen LogP contribution in [0.4, 0.5) is 0 Å². The molecule has 1 heterocycles. The summed E-state index contributed by atoms with van der Waals surface area (Å²) in [5.41, 5.74) is 1.32. The number of unbranched alkanes of at least 4 members (excludes halogenated alkanes) is 1. The highest BCUT2D eigenvalue weighted by atomic mass is 16.5. The molecule has 5 heteroatoms. The van der Waals surface area contributed by atoms with Crippen molar-refractivity contribution in [3.8, 4) is 5.75 Å². The van der Waals surface area contributed by atoms with Crippen LogP contribution in [0.3, 0.4) is 0 Å². The first-order valence-corrected chi connectivity index (χ1v) is 9.16. The molecule has 5 nitrogen and oxygen atoms in total. The average molecular weight is 351 g/mol. The van der Waals surface area contributed by atoms with E-state index >= 15 is 0 Å². The molecule has 0 aliphatic heterocycles. The topological polar surface area (TPSA) is 69.4 Å². The molecule has 26 heavy (non-hydrogen) atoms. The van der Waals surface area contributed by atoms with E-state index in [1.807, 2.05) is 30.3 Å². The van der Waals surface area contributed by atoms with Crippen molar-refractivity contribution in [2.75, 3.05) is 6.61 Å². The van der Waals surface area contributed by atoms with E-state index in [2.05, 4.69) is 12.1 Å². The molecule has 0 radical (unpaired) electrons. The summed E-state index contributed by atoms with van der Waals surface area (Å²) in [6.45, 7) is 2.83. The van der Waals surface area contributed by atoms with Crippen molar-refractivity contribution in [3.05, 3.63) is 36.0 Å². The number of rotatable bonds is 5. The zero-order valence-electron chi connectivity index (χ0n) is 14.8. The van der Waals surface area contributed by atoms with Gasteiger partial charge in [0, 0.05) is 6.42 Å². The fourth-order valence-corrected chi connectivity index (χ4v) is 3.60. The van der Waals surface area contributed by atoms with Gasteiger partial charge in [0.05, 0.1) is 24.3 Å². The van der Waals surface area contributed by atoms with Crippen LogP contribution in [0.25, 0.3) is 21.7 Å². The molecular formula is C21H21NO4. The largest absolute Gasteiger partial charge is 0.494 e. The molecule has 0 unspecified atom stereocenters. The number of hydrogen-bond acceptors (Lipinski definition) is 5. The van der Waals surface area contributed by atoms with Crippen LogP contribution in [0.2, 0.25) is 0 Å². The molecule has 0 amide bonds. The Morgan fingerprint density at radius 2 is 2.12 bits per heavy atom. The summed E-state index contributed by atoms with van der Waals surface area (Å²) in [6, 6.07) is 9.81. The van der Waals surface area contributed by atoms with Crippen molar-refractivity contribution >= 4 is 33.3 Å². The minimum absolute atomic E-state index is 0.000791. The van der Waals surface area contributed by atoms with E-state index in [4.69, 9.17) is 9.26 Å². The van der Waals surface area contributed by atoms with Gasteiger partial charge in [-0.25, -0.2) is 0 Å². The lowest BCUT2D eigenvalue weighted by atomic mass is 9.83. The van der Waals surface area contributed by atoms with Gasteiger partial charge in [-0.05, 0) is 47.9 Å². The second-order valence-electron chi connectivity index (χ2n) is 6.86. The lowest BCUT2D eigenvalue weighted by Crippen LogP contribution is -2.23. The molecule has 1 fully saturated rings. The Bertz CT molecular complexity index is 988. The van der Waals surface area contributed by atoms with E-state index in [0.717, 1.165) is 34.7 Å². The van der Waals surface area contributed by atoms with Crippen LogP contribution < -0.4 is 4.74 Å². The molecule has 4 rings (SSSR count). The normalized spacial score (nSPS) is 18.0. The number of Topliss-reactive ketones (excluding diaryl/α,β-unsaturated/α-hetero) is 2. The quantitative estimate of drug-likeness (QED) is 0.498. The fourth-order valence-electron chi connectivity index (χ4n) is 3.60. The van der Waals surface area contributed by atoms with Crippen molar-refractivity contribution in [2.24, 2.45) is 0 Å². The van der Waals surface area contributed by atoms with E-state index in [1.165, 1.54) is 0 Å². The predicted octanol–water partition coefficient (Wildman–Crippen LogP) is 4.57. The Morgan fingerprint density at radius 1 is 1.23 bits per heavy atom. The van der Waals surface area contributed by atoms with Crippen LogP contribution in [-0.4, -0.2) is 23.3 Å². The van der Waals surface area contributed by atoms with E-state index in [1.54, 1.807) is 0 Å². The first kappa shape index (κ1) is 16.8. The number of fused-ring (bicyclic) bond motifs is 3. The van der Waals surface area contributed by atoms with E-state index in [0.29, 0.717) is 30.7 Å². The standard InChI is InChI=1S/C21H21NO4/c1-2-3-10-25-15-6-8-16-13(11-15)4-9-19-20(16)21(22-26-19)17-7-5-14(23)12-18(17)24/h4,6,8-9,11,17H,2-3,5,7,10,12H2,1H3/t17-/m1/s1. The molecule has 1 aliphatic carbocycles. The summed E-state index contributed by atoms with van der Waals surface area (Å²) in [7, 11) is 0. The van der Waals surface area contributed by atoms with Crippen LogP contribution in [0.1, 0.15) is 50.6 Å². The van der Waals surface area contributed by atoms with Crippen molar-refractivity contribution in [3.63, 3.8) is 0 Å². The molecule has 1 saturated carbocycles. The first-order valence-electron chi connectivity index (χ1n) is 9.16. The Balaban J connectivity index is 1.75. The number of aromatic nitrogens is 1. The summed E-state index contributed by atoms with van der Waals surface area (Å²) < 4.78 is 11.3. The monoisotopic (exact) mass is 351 g/mol. The number of benzene rings is 2. The predicted molar refractivity (Wildman–Crippen MR) is 98.5 cm³/mol. The number of nitrogens with zero attached hydrogens (tertiary/aromatic N) is 1. The maximum atomic E-state index is 12.4. The molecule has 0 bridgehead atoms. The lowest BCUT2D eigenvalue weighted by molar-refractivity contribution is -0.130. The highest BCUT2D eigenvalue weighted by Crippen LogP contribution is 2.37. The summed E-state index contributed by atoms with van der Waals surface area (Å²) in [4.78, 5) is 23.9. The molecule has 1 aromatic heterocycles. The van der Waals surface area contributed by atoms with Crippen LogP contribution in [-0.2, 0) is 9.59 Å². The van der Waals surface area contributed by atoms with Gasteiger partial charge in [0.2, 0.25) is 0 Å². The van der Waals surface area contributed by atoms with Crippen molar-refractivity contribution in [1.82, 2.24) is 5.16 Å². The third kappa shape index (κ3) is 2.98. The number of carbonyl (C=O) groups excluding carboxylic acids is 2. The molecule has 0 spiro atoms. The van der Waals surface area contributed by atoms with Crippen LogP contribution in [0, 0.1) is 0 Å². The molecule has 1 aliphatic rings. The zero-order valence-corrected chi connectivity index (χ0v) is 14.8. The molecule has 2 aromatic carbocycles. The number of ketones is 2. The van der Waals surface area contributed by atoms with Crippen LogP contribution in [0.5, 0.6) is 5.75 Å². The summed E-state index contributed by atoms with van der Waals surface area (Å²) >= 11 is 0. The van der Waals surface area contributed by atoms with E-state index in [9.17, 15) is 9.59 Å². The lowest BCUT2D eigenvalue weighted by Gasteiger charge is -2.18. The van der Waals surface area contributed by atoms with Gasteiger partial charge in [-0.15, -0.1) is 0 Å². The number of ether oxygens (including phenoxy) is 1. The Hall–Kier alpha value is -2.69. The molecule has 1 atom stereocenters. The number of carbonyl (C=O) groups is 2. The second kappa shape index (κ2) is 6.90. The van der Waals surface area contributed by atoms with Crippen LogP contribution in [0.15, 0.2) is 34.9 Å². The van der Waals surface area contributed by atoms with E-state index < -0.39 is 0 Å². The number of hydrogen-bond donors (Lipinski definition) is 0. The molecule has 3 aromatic rings. The third-order valence-corrected chi connectivity index (χ3v) is 5.02. The molecule has 0 saturated heterocycles. The SMILES string of the molecule is CCCCOc1ccc2c(ccc3onc([C@@H]4CCC(=O)CC4=O)c32)c1. The fraction of sp³-hybridized carbons (Fsp3) is 0.381. The Kier molecular flexibility index (Phi) is 4.45. The van der Waals surface area contributed by atoms with Gasteiger partial charge in [0.15, 0.2) is 5.58 Å². The van der Waals surface area contributed by atoms with Crippen molar-refractivity contribution in [2.45, 2.75) is 44.9 Å². The Labute approximate surface area is 151 Å². The molecular weight excluding hydrogens is 330 g/mol.